The Morgan fingerprint density at radius 1 is 1.18 bits per heavy atom. The van der Waals surface area contributed by atoms with Crippen molar-refractivity contribution in [1.29, 1.82) is 0 Å². The number of rotatable bonds is 4. The van der Waals surface area contributed by atoms with Gasteiger partial charge in [0.05, 0.1) is 16.9 Å². The number of fused-ring (bicyclic) bond motifs is 1. The molecule has 1 saturated heterocycles. The molecule has 8 heteroatoms. The summed E-state index contributed by atoms with van der Waals surface area (Å²) in [6.07, 6.45) is 5.36. The number of anilines is 1. The van der Waals surface area contributed by atoms with E-state index < -0.39 is 0 Å². The van der Waals surface area contributed by atoms with Gasteiger partial charge >= 0.3 is 0 Å². The van der Waals surface area contributed by atoms with Crippen LogP contribution in [0.25, 0.3) is 5.57 Å². The molecule has 0 spiro atoms. The van der Waals surface area contributed by atoms with Crippen molar-refractivity contribution in [2.75, 3.05) is 25.7 Å². The van der Waals surface area contributed by atoms with Crippen molar-refractivity contribution in [3.8, 4) is 11.5 Å². The highest BCUT2D eigenvalue weighted by Gasteiger charge is 2.29. The van der Waals surface area contributed by atoms with Gasteiger partial charge in [-0.05, 0) is 45.7 Å². The monoisotopic (exact) mass is 407 g/mol. The molecule has 5 N–H and O–H groups in total. The van der Waals surface area contributed by atoms with Crippen LogP contribution in [-0.4, -0.2) is 44.9 Å². The minimum atomic E-state index is -0.100. The fraction of sp³-hybridized carbons (Fsp3) is 0.600. The van der Waals surface area contributed by atoms with E-state index in [2.05, 4.69) is 46.5 Å². The summed E-state index contributed by atoms with van der Waals surface area (Å²) in [5.41, 5.74) is 2.99. The van der Waals surface area contributed by atoms with Crippen molar-refractivity contribution in [1.82, 2.24) is 21.3 Å². The molecule has 1 aromatic carbocycles. The van der Waals surface area contributed by atoms with Gasteiger partial charge in [0, 0.05) is 30.3 Å². The van der Waals surface area contributed by atoms with Crippen LogP contribution in [0, 0.1) is 0 Å². The first kappa shape index (κ1) is 19.8. The van der Waals surface area contributed by atoms with Crippen molar-refractivity contribution in [3.05, 3.63) is 22.7 Å². The van der Waals surface area contributed by atoms with Crippen molar-refractivity contribution in [2.45, 2.75) is 57.6 Å². The van der Waals surface area contributed by atoms with E-state index in [0.717, 1.165) is 48.6 Å². The number of nitrogens with one attached hydrogen (secondary N) is 5. The van der Waals surface area contributed by atoms with Gasteiger partial charge in [-0.2, -0.15) is 0 Å². The number of hydrogen-bond donors (Lipinski definition) is 5. The van der Waals surface area contributed by atoms with E-state index in [1.807, 2.05) is 13.1 Å². The smallest absolute Gasteiger partial charge is 0.231 e. The number of halogens is 1. The first-order valence-corrected chi connectivity index (χ1v) is 10.4. The minimum absolute atomic E-state index is 0.100. The summed E-state index contributed by atoms with van der Waals surface area (Å²) in [5, 5.41) is 18.0. The number of benzene rings is 1. The fourth-order valence-electron chi connectivity index (χ4n) is 4.06. The van der Waals surface area contributed by atoms with Crippen molar-refractivity contribution in [3.63, 3.8) is 0 Å². The Bertz CT molecular complexity index is 757. The highest BCUT2D eigenvalue weighted by atomic mass is 35.5. The predicted molar refractivity (Wildman–Crippen MR) is 113 cm³/mol. The van der Waals surface area contributed by atoms with Gasteiger partial charge in [0.2, 0.25) is 6.79 Å². The zero-order valence-corrected chi connectivity index (χ0v) is 17.5. The minimum Gasteiger partial charge on any atom is -0.453 e. The average Bonchev–Trinajstić information content (AvgIpc) is 3.02. The lowest BCUT2D eigenvalue weighted by atomic mass is 9.97. The second-order valence-corrected chi connectivity index (χ2v) is 8.19. The quantitative estimate of drug-likeness (QED) is 0.524. The van der Waals surface area contributed by atoms with Gasteiger partial charge in [-0.3, -0.25) is 10.6 Å². The van der Waals surface area contributed by atoms with E-state index in [9.17, 15) is 0 Å². The summed E-state index contributed by atoms with van der Waals surface area (Å²) in [7, 11) is 1.96. The van der Waals surface area contributed by atoms with Crippen molar-refractivity contribution < 1.29 is 9.47 Å². The van der Waals surface area contributed by atoms with Crippen LogP contribution >= 0.6 is 11.6 Å². The molecule has 0 aliphatic carbocycles. The Hall–Kier alpha value is -1.51. The van der Waals surface area contributed by atoms with Gasteiger partial charge in [0.15, 0.2) is 11.5 Å². The fourth-order valence-corrected chi connectivity index (χ4v) is 4.38. The average molecular weight is 408 g/mol. The Morgan fingerprint density at radius 2 is 2.04 bits per heavy atom. The molecule has 0 aromatic heterocycles. The lowest BCUT2D eigenvalue weighted by Gasteiger charge is -2.37. The summed E-state index contributed by atoms with van der Waals surface area (Å²) >= 11 is 6.91. The molecule has 3 aliphatic rings. The Kier molecular flexibility index (Phi) is 5.99. The van der Waals surface area contributed by atoms with Crippen LogP contribution in [0.3, 0.4) is 0 Å². The first-order chi connectivity index (χ1) is 13.5. The normalized spacial score (nSPS) is 29.9. The standard InChI is InChI=1S/C20H30ClN5O2/c1-11-4-5-13(6-7-23-11)17-18(21)14(9-15-19(17)28-10-27-15)25-20-24-12(2)8-16(22-3)26-20/h6,9,11-12,16,20,22-26H,4-5,7-8,10H2,1-3H3/t11-,12?,16?,20?/m0/s1. The van der Waals surface area contributed by atoms with Crippen LogP contribution in [0.5, 0.6) is 11.5 Å². The van der Waals surface area contributed by atoms with Gasteiger partial charge in [0.1, 0.15) is 6.29 Å². The Morgan fingerprint density at radius 3 is 2.86 bits per heavy atom. The third kappa shape index (κ3) is 4.09. The summed E-state index contributed by atoms with van der Waals surface area (Å²) in [6.45, 7) is 5.44. The van der Waals surface area contributed by atoms with E-state index in [4.69, 9.17) is 21.1 Å². The van der Waals surface area contributed by atoms with Crippen LogP contribution in [0.1, 0.15) is 38.7 Å². The molecule has 0 saturated carbocycles. The lowest BCUT2D eigenvalue weighted by molar-refractivity contribution is 0.173. The predicted octanol–water partition coefficient (Wildman–Crippen LogP) is 2.44. The first-order valence-electron chi connectivity index (χ1n) is 10.1. The van der Waals surface area contributed by atoms with Gasteiger partial charge < -0.3 is 25.4 Å². The SMILES string of the molecule is CNC1CC(C)NC(Nc2cc3c(c(C4=CCN[C@@H](C)CC4)c2Cl)OCO3)N1. The number of ether oxygens (including phenoxy) is 2. The molecule has 0 radical (unpaired) electrons. The topological polar surface area (TPSA) is 78.6 Å². The molecule has 0 bridgehead atoms. The molecule has 0 amide bonds. The summed E-state index contributed by atoms with van der Waals surface area (Å²) in [4.78, 5) is 0. The van der Waals surface area contributed by atoms with Crippen LogP contribution < -0.4 is 36.1 Å². The van der Waals surface area contributed by atoms with Crippen LogP contribution in [0.2, 0.25) is 5.02 Å². The molecule has 4 atom stereocenters. The van der Waals surface area contributed by atoms with Gasteiger partial charge in [0.25, 0.3) is 0 Å². The van der Waals surface area contributed by atoms with Crippen LogP contribution in [0.15, 0.2) is 12.1 Å². The zero-order chi connectivity index (χ0) is 19.7. The number of allylic oxidation sites excluding steroid dienone is 1. The molecule has 1 aromatic rings. The van der Waals surface area contributed by atoms with E-state index in [-0.39, 0.29) is 19.2 Å². The van der Waals surface area contributed by atoms with Crippen LogP contribution in [-0.2, 0) is 0 Å². The van der Waals surface area contributed by atoms with E-state index in [1.165, 1.54) is 5.57 Å². The summed E-state index contributed by atoms with van der Waals surface area (Å²) < 4.78 is 11.5. The third-order valence-electron chi connectivity index (χ3n) is 5.64. The van der Waals surface area contributed by atoms with Gasteiger partial charge in [-0.1, -0.05) is 17.7 Å². The summed E-state index contributed by atoms with van der Waals surface area (Å²) in [5.74, 6) is 1.49. The highest BCUT2D eigenvalue weighted by molar-refractivity contribution is 6.35. The maximum absolute atomic E-state index is 6.91. The summed E-state index contributed by atoms with van der Waals surface area (Å²) in [6, 6.07) is 2.79. The van der Waals surface area contributed by atoms with E-state index in [0.29, 0.717) is 17.1 Å². The zero-order valence-electron chi connectivity index (χ0n) is 16.7. The Labute approximate surface area is 171 Å². The molecule has 154 valence electrons. The van der Waals surface area contributed by atoms with Gasteiger partial charge in [-0.15, -0.1) is 0 Å². The molecular formula is C20H30ClN5O2. The van der Waals surface area contributed by atoms with Crippen molar-refractivity contribution in [2.24, 2.45) is 0 Å². The second-order valence-electron chi connectivity index (χ2n) is 7.81. The van der Waals surface area contributed by atoms with Gasteiger partial charge in [-0.25, -0.2) is 0 Å². The second kappa shape index (κ2) is 8.47. The maximum Gasteiger partial charge on any atom is 0.231 e. The lowest BCUT2D eigenvalue weighted by Crippen LogP contribution is -2.63. The number of hydrogen-bond acceptors (Lipinski definition) is 7. The van der Waals surface area contributed by atoms with Crippen LogP contribution in [0.4, 0.5) is 5.69 Å². The highest BCUT2D eigenvalue weighted by Crippen LogP contribution is 2.48. The molecule has 28 heavy (non-hydrogen) atoms. The molecule has 3 unspecified atom stereocenters. The Balaban J connectivity index is 1.65. The van der Waals surface area contributed by atoms with E-state index in [1.54, 1.807) is 0 Å². The maximum atomic E-state index is 6.91. The molecule has 4 rings (SSSR count). The third-order valence-corrected chi connectivity index (χ3v) is 6.03. The van der Waals surface area contributed by atoms with Crippen molar-refractivity contribution >= 4 is 22.9 Å². The molecular weight excluding hydrogens is 378 g/mol. The molecule has 3 heterocycles. The molecule has 3 aliphatic heterocycles. The largest absolute Gasteiger partial charge is 0.453 e. The molecule has 7 nitrogen and oxygen atoms in total. The van der Waals surface area contributed by atoms with E-state index >= 15 is 0 Å². The molecule has 1 fully saturated rings.